The summed E-state index contributed by atoms with van der Waals surface area (Å²) in [4.78, 5) is 27.2. The number of aromatic amines is 1. The van der Waals surface area contributed by atoms with Crippen molar-refractivity contribution in [2.75, 3.05) is 26.2 Å². The van der Waals surface area contributed by atoms with Gasteiger partial charge in [-0.1, -0.05) is 0 Å². The van der Waals surface area contributed by atoms with Gasteiger partial charge in [0.05, 0.1) is 51.0 Å². The van der Waals surface area contributed by atoms with E-state index in [0.29, 0.717) is 34.5 Å². The SMILES string of the molecule is COc1cc(-c2cnc3c(n2)N(c2ccc4[nH]c(C)cc4c2)C(=O)C3)cc(OC)c1OC. The first-order valence-corrected chi connectivity index (χ1v) is 10.1. The zero-order valence-electron chi connectivity index (χ0n) is 18.2. The van der Waals surface area contributed by atoms with Crippen LogP contribution in [0, 0.1) is 6.92 Å². The van der Waals surface area contributed by atoms with Gasteiger partial charge >= 0.3 is 0 Å². The third-order valence-corrected chi connectivity index (χ3v) is 5.56. The van der Waals surface area contributed by atoms with Gasteiger partial charge in [-0.15, -0.1) is 0 Å². The molecule has 0 saturated heterocycles. The second-order valence-electron chi connectivity index (χ2n) is 7.57. The minimum absolute atomic E-state index is 0.0614. The van der Waals surface area contributed by atoms with Gasteiger partial charge in [0.25, 0.3) is 0 Å². The molecular formula is C24H22N4O4. The molecule has 162 valence electrons. The number of rotatable bonds is 5. The van der Waals surface area contributed by atoms with Crippen molar-refractivity contribution in [3.63, 3.8) is 0 Å². The zero-order valence-corrected chi connectivity index (χ0v) is 18.2. The molecule has 1 aliphatic heterocycles. The first-order chi connectivity index (χ1) is 15.5. The van der Waals surface area contributed by atoms with Crippen molar-refractivity contribution in [3.05, 3.63) is 54.0 Å². The first kappa shape index (κ1) is 19.9. The minimum Gasteiger partial charge on any atom is -0.493 e. The molecule has 0 saturated carbocycles. The van der Waals surface area contributed by atoms with Crippen LogP contribution in [0.3, 0.4) is 0 Å². The molecule has 0 fully saturated rings. The topological polar surface area (TPSA) is 89.6 Å². The molecule has 1 N–H and O–H groups in total. The van der Waals surface area contributed by atoms with E-state index in [1.807, 2.05) is 37.3 Å². The highest BCUT2D eigenvalue weighted by molar-refractivity contribution is 6.07. The lowest BCUT2D eigenvalue weighted by atomic mass is 10.1. The van der Waals surface area contributed by atoms with Crippen molar-refractivity contribution in [3.8, 4) is 28.5 Å². The van der Waals surface area contributed by atoms with E-state index >= 15 is 0 Å². The highest BCUT2D eigenvalue weighted by Gasteiger charge is 2.32. The monoisotopic (exact) mass is 430 g/mol. The number of H-pyrrole nitrogens is 1. The van der Waals surface area contributed by atoms with Crippen LogP contribution in [-0.2, 0) is 11.2 Å². The van der Waals surface area contributed by atoms with E-state index in [2.05, 4.69) is 16.0 Å². The van der Waals surface area contributed by atoms with Crippen LogP contribution in [0.5, 0.6) is 17.2 Å². The number of carbonyl (C=O) groups excluding carboxylic acids is 1. The van der Waals surface area contributed by atoms with Crippen LogP contribution < -0.4 is 19.1 Å². The molecule has 4 aromatic rings. The lowest BCUT2D eigenvalue weighted by Crippen LogP contribution is -2.21. The van der Waals surface area contributed by atoms with Crippen LogP contribution in [-0.4, -0.2) is 42.2 Å². The molecule has 1 amide bonds. The third-order valence-electron chi connectivity index (χ3n) is 5.56. The normalized spacial score (nSPS) is 12.9. The molecule has 0 atom stereocenters. The second kappa shape index (κ2) is 7.56. The van der Waals surface area contributed by atoms with Crippen LogP contribution in [0.4, 0.5) is 11.5 Å². The summed E-state index contributed by atoms with van der Waals surface area (Å²) in [6.45, 7) is 2.01. The van der Waals surface area contributed by atoms with Gasteiger partial charge in [-0.2, -0.15) is 0 Å². The summed E-state index contributed by atoms with van der Waals surface area (Å²) in [5.74, 6) is 2.01. The Hall–Kier alpha value is -4.07. The second-order valence-corrected chi connectivity index (χ2v) is 7.57. The Balaban J connectivity index is 1.61. The molecule has 3 heterocycles. The smallest absolute Gasteiger partial charge is 0.238 e. The fourth-order valence-corrected chi connectivity index (χ4v) is 4.09. The number of methoxy groups -OCH3 is 3. The minimum atomic E-state index is -0.0614. The van der Waals surface area contributed by atoms with Gasteiger partial charge in [0, 0.05) is 22.2 Å². The van der Waals surface area contributed by atoms with E-state index in [1.54, 1.807) is 32.4 Å². The summed E-state index contributed by atoms with van der Waals surface area (Å²) in [5.41, 5.74) is 4.84. The Morgan fingerprint density at radius 3 is 2.44 bits per heavy atom. The van der Waals surface area contributed by atoms with Crippen molar-refractivity contribution in [1.29, 1.82) is 0 Å². The van der Waals surface area contributed by atoms with Gasteiger partial charge < -0.3 is 19.2 Å². The summed E-state index contributed by atoms with van der Waals surface area (Å²) < 4.78 is 16.3. The summed E-state index contributed by atoms with van der Waals surface area (Å²) >= 11 is 0. The van der Waals surface area contributed by atoms with Crippen LogP contribution in [0.2, 0.25) is 0 Å². The average Bonchev–Trinajstić information content (AvgIpc) is 3.34. The molecule has 0 aliphatic carbocycles. The zero-order chi connectivity index (χ0) is 22.4. The van der Waals surface area contributed by atoms with E-state index < -0.39 is 0 Å². The molecule has 0 radical (unpaired) electrons. The van der Waals surface area contributed by atoms with Crippen molar-refractivity contribution < 1.29 is 19.0 Å². The maximum Gasteiger partial charge on any atom is 0.238 e. The highest BCUT2D eigenvalue weighted by Crippen LogP contribution is 2.42. The molecule has 0 unspecified atom stereocenters. The lowest BCUT2D eigenvalue weighted by molar-refractivity contribution is -0.116. The number of aromatic nitrogens is 3. The lowest BCUT2D eigenvalue weighted by Gasteiger charge is -2.18. The molecule has 5 rings (SSSR count). The molecule has 1 aliphatic rings. The van der Waals surface area contributed by atoms with Gasteiger partial charge in [0.15, 0.2) is 17.3 Å². The number of nitrogens with zero attached hydrogens (tertiary/aromatic N) is 3. The van der Waals surface area contributed by atoms with Crippen molar-refractivity contribution in [2.45, 2.75) is 13.3 Å². The van der Waals surface area contributed by atoms with Crippen LogP contribution in [0.1, 0.15) is 11.4 Å². The molecule has 0 bridgehead atoms. The predicted molar refractivity (Wildman–Crippen MR) is 121 cm³/mol. The number of nitrogens with one attached hydrogen (secondary N) is 1. The molecular weight excluding hydrogens is 408 g/mol. The largest absolute Gasteiger partial charge is 0.493 e. The fourth-order valence-electron chi connectivity index (χ4n) is 4.09. The van der Waals surface area contributed by atoms with Gasteiger partial charge in [-0.3, -0.25) is 14.7 Å². The van der Waals surface area contributed by atoms with Crippen molar-refractivity contribution in [1.82, 2.24) is 15.0 Å². The van der Waals surface area contributed by atoms with E-state index in [4.69, 9.17) is 19.2 Å². The number of anilines is 2. The number of ether oxygens (including phenoxy) is 3. The first-order valence-electron chi connectivity index (χ1n) is 10.1. The van der Waals surface area contributed by atoms with Crippen LogP contribution in [0.25, 0.3) is 22.2 Å². The Kier molecular flexibility index (Phi) is 4.70. The molecule has 0 spiro atoms. The number of benzene rings is 2. The van der Waals surface area contributed by atoms with Gasteiger partial charge in [-0.05, 0) is 43.3 Å². The quantitative estimate of drug-likeness (QED) is 0.511. The number of amides is 1. The summed E-state index contributed by atoms with van der Waals surface area (Å²) in [5, 5.41) is 1.04. The van der Waals surface area contributed by atoms with Gasteiger partial charge in [-0.25, -0.2) is 4.98 Å². The Labute approximate surface area is 184 Å². The maximum atomic E-state index is 12.9. The van der Waals surface area contributed by atoms with E-state index in [1.165, 1.54) is 0 Å². The Morgan fingerprint density at radius 1 is 1.00 bits per heavy atom. The number of hydrogen-bond donors (Lipinski definition) is 1. The summed E-state index contributed by atoms with van der Waals surface area (Å²) in [7, 11) is 4.69. The molecule has 8 heteroatoms. The molecule has 2 aromatic heterocycles. The Bertz CT molecular complexity index is 1340. The molecule has 8 nitrogen and oxygen atoms in total. The van der Waals surface area contributed by atoms with E-state index in [-0.39, 0.29) is 12.3 Å². The predicted octanol–water partition coefficient (Wildman–Crippen LogP) is 4.18. The Morgan fingerprint density at radius 2 is 1.75 bits per heavy atom. The number of carbonyl (C=O) groups is 1. The highest BCUT2D eigenvalue weighted by atomic mass is 16.5. The summed E-state index contributed by atoms with van der Waals surface area (Å²) in [6.07, 6.45) is 1.87. The molecule has 2 aromatic carbocycles. The van der Waals surface area contributed by atoms with Gasteiger partial charge in [0.2, 0.25) is 11.7 Å². The summed E-state index contributed by atoms with van der Waals surface area (Å²) in [6, 6.07) is 11.6. The standard InChI is InChI=1S/C24H22N4O4/c1-13-7-14-8-16(5-6-17(14)26-13)28-22(29)11-18-24(28)27-19(12-25-18)15-9-20(30-2)23(32-4)21(10-15)31-3/h5-10,12,26H,11H2,1-4H3. The van der Waals surface area contributed by atoms with Crippen LogP contribution >= 0.6 is 0 Å². The average molecular weight is 430 g/mol. The number of fused-ring (bicyclic) bond motifs is 2. The number of hydrogen-bond acceptors (Lipinski definition) is 6. The number of aryl methyl sites for hydroxylation is 1. The van der Waals surface area contributed by atoms with Gasteiger partial charge in [0.1, 0.15) is 0 Å². The van der Waals surface area contributed by atoms with Crippen molar-refractivity contribution >= 4 is 28.3 Å². The maximum absolute atomic E-state index is 12.9. The fraction of sp³-hybridized carbons (Fsp3) is 0.208. The molecule has 32 heavy (non-hydrogen) atoms. The van der Waals surface area contributed by atoms with Crippen molar-refractivity contribution in [2.24, 2.45) is 0 Å². The van der Waals surface area contributed by atoms with E-state index in [0.717, 1.165) is 27.8 Å². The van der Waals surface area contributed by atoms with E-state index in [9.17, 15) is 4.79 Å². The third kappa shape index (κ3) is 3.11. The van der Waals surface area contributed by atoms with Crippen LogP contribution in [0.15, 0.2) is 42.6 Å².